The Morgan fingerprint density at radius 3 is 2.62 bits per heavy atom. The summed E-state index contributed by atoms with van der Waals surface area (Å²) in [5.41, 5.74) is 4.47. The molecule has 2 aromatic rings. The minimum atomic E-state index is -0.450. The van der Waals surface area contributed by atoms with Crippen LogP contribution in [0.1, 0.15) is 35.1 Å². The van der Waals surface area contributed by atoms with Crippen molar-refractivity contribution >= 4 is 5.78 Å². The van der Waals surface area contributed by atoms with E-state index >= 15 is 0 Å². The summed E-state index contributed by atoms with van der Waals surface area (Å²) in [6.07, 6.45) is 4.07. The summed E-state index contributed by atoms with van der Waals surface area (Å²) in [6.45, 7) is 0.982. The Morgan fingerprint density at radius 2 is 1.86 bits per heavy atom. The average molecular weight is 387 g/mol. The third kappa shape index (κ3) is 1.75. The number of piperidine rings is 1. The summed E-state index contributed by atoms with van der Waals surface area (Å²) < 4.78 is 6.42. The average Bonchev–Trinajstić information content (AvgIpc) is 3.26. The molecule has 0 aromatic heterocycles. The lowest BCUT2D eigenvalue weighted by atomic mass is 9.47. The van der Waals surface area contributed by atoms with E-state index in [0.29, 0.717) is 17.7 Å². The molecule has 5 aliphatic rings. The lowest BCUT2D eigenvalue weighted by Gasteiger charge is -2.60. The van der Waals surface area contributed by atoms with Gasteiger partial charge < -0.3 is 14.7 Å². The van der Waals surface area contributed by atoms with Gasteiger partial charge in [0.2, 0.25) is 0 Å². The quantitative estimate of drug-likeness (QED) is 0.755. The molecule has 0 unspecified atom stereocenters. The van der Waals surface area contributed by atoms with Crippen molar-refractivity contribution in [2.45, 2.75) is 49.7 Å². The smallest absolute Gasteiger partial charge is 0.181 e. The van der Waals surface area contributed by atoms with E-state index in [1.807, 2.05) is 0 Å². The van der Waals surface area contributed by atoms with Crippen LogP contribution in [0.15, 0.2) is 36.4 Å². The third-order valence-corrected chi connectivity index (χ3v) is 8.94. The number of hydrogen-bond acceptors (Lipinski definition) is 4. The fourth-order valence-electron chi connectivity index (χ4n) is 7.71. The van der Waals surface area contributed by atoms with E-state index in [-0.39, 0.29) is 22.4 Å². The molecule has 1 saturated heterocycles. The van der Waals surface area contributed by atoms with Gasteiger partial charge in [-0.2, -0.15) is 0 Å². The molecule has 2 fully saturated rings. The minimum absolute atomic E-state index is 0.195. The van der Waals surface area contributed by atoms with Gasteiger partial charge in [-0.15, -0.1) is 0 Å². The molecule has 4 nitrogen and oxygen atoms in total. The predicted octanol–water partition coefficient (Wildman–Crippen LogP) is 3.03. The first-order valence-corrected chi connectivity index (χ1v) is 10.9. The molecule has 148 valence electrons. The SMILES string of the molecule is CN1CC[C@]23c4c5ccc(O)c4O[C@H]2C(=O)C2(Cc4ccccc4C2)C[C@H]3[C@H]1C5. The van der Waals surface area contributed by atoms with Crippen LogP contribution in [0.2, 0.25) is 0 Å². The predicted molar refractivity (Wildman–Crippen MR) is 108 cm³/mol. The number of aromatic hydroxyl groups is 1. The van der Waals surface area contributed by atoms with Crippen molar-refractivity contribution in [2.75, 3.05) is 13.6 Å². The molecule has 2 aromatic carbocycles. The van der Waals surface area contributed by atoms with Gasteiger partial charge in [-0.3, -0.25) is 4.79 Å². The van der Waals surface area contributed by atoms with Gasteiger partial charge in [-0.25, -0.2) is 0 Å². The number of phenols is 1. The highest BCUT2D eigenvalue weighted by Gasteiger charge is 2.70. The first-order valence-electron chi connectivity index (χ1n) is 10.9. The van der Waals surface area contributed by atoms with E-state index in [1.54, 1.807) is 6.07 Å². The number of likely N-dealkylation sites (N-methyl/N-ethyl adjacent to an activating group) is 1. The van der Waals surface area contributed by atoms with E-state index in [1.165, 1.54) is 16.7 Å². The Kier molecular flexibility index (Phi) is 2.86. The second kappa shape index (κ2) is 5.04. The number of hydrogen-bond donors (Lipinski definition) is 1. The maximum atomic E-state index is 14.1. The summed E-state index contributed by atoms with van der Waals surface area (Å²) in [5, 5.41) is 10.6. The molecular formula is C25H25NO3. The standard InChI is InChI=1S/C25H25NO3/c1-26-9-8-25-17-13-24(11-15-4-2-3-5-16(15)12-24)22(28)23(25)29-21-19(27)7-6-14(20(21)25)10-18(17)26/h2-7,17-18,23,27H,8-13H2,1H3/t17-,18+,23-,25-/m0/s1. The highest BCUT2D eigenvalue weighted by molar-refractivity contribution is 5.95. The van der Waals surface area contributed by atoms with Crippen molar-refractivity contribution in [2.24, 2.45) is 11.3 Å². The van der Waals surface area contributed by atoms with Crippen LogP contribution in [0.5, 0.6) is 11.5 Å². The van der Waals surface area contributed by atoms with Crippen molar-refractivity contribution < 1.29 is 14.6 Å². The molecule has 1 saturated carbocycles. The zero-order valence-corrected chi connectivity index (χ0v) is 16.6. The molecule has 2 bridgehead atoms. The molecule has 29 heavy (non-hydrogen) atoms. The van der Waals surface area contributed by atoms with Crippen LogP contribution in [0.4, 0.5) is 0 Å². The van der Waals surface area contributed by atoms with Crippen molar-refractivity contribution in [3.05, 3.63) is 58.7 Å². The maximum absolute atomic E-state index is 14.1. The summed E-state index contributed by atoms with van der Waals surface area (Å²) in [5.74, 6) is 1.46. The van der Waals surface area contributed by atoms with E-state index in [4.69, 9.17) is 4.74 Å². The number of ether oxygens (including phenoxy) is 1. The lowest BCUT2D eigenvalue weighted by molar-refractivity contribution is -0.154. The van der Waals surface area contributed by atoms with Crippen LogP contribution in [0.25, 0.3) is 0 Å². The van der Waals surface area contributed by atoms with Gasteiger partial charge in [0, 0.05) is 22.4 Å². The maximum Gasteiger partial charge on any atom is 0.181 e. The lowest BCUT2D eigenvalue weighted by Crippen LogP contribution is -2.69. The van der Waals surface area contributed by atoms with Crippen molar-refractivity contribution in [1.82, 2.24) is 4.90 Å². The van der Waals surface area contributed by atoms with Gasteiger partial charge in [0.05, 0.1) is 0 Å². The molecular weight excluding hydrogens is 362 g/mol. The Bertz CT molecular complexity index is 1070. The van der Waals surface area contributed by atoms with Crippen molar-refractivity contribution in [3.63, 3.8) is 0 Å². The number of benzene rings is 2. The molecule has 0 amide bonds. The topological polar surface area (TPSA) is 49.8 Å². The van der Waals surface area contributed by atoms with E-state index in [0.717, 1.165) is 44.2 Å². The van der Waals surface area contributed by atoms with Crippen LogP contribution in [-0.4, -0.2) is 41.5 Å². The van der Waals surface area contributed by atoms with E-state index in [9.17, 15) is 9.90 Å². The van der Waals surface area contributed by atoms with Crippen LogP contribution < -0.4 is 4.74 Å². The summed E-state index contributed by atoms with van der Waals surface area (Å²) in [7, 11) is 2.24. The van der Waals surface area contributed by atoms with Crippen molar-refractivity contribution in [3.8, 4) is 11.5 Å². The molecule has 2 aliphatic heterocycles. The first kappa shape index (κ1) is 16.5. The zero-order valence-electron chi connectivity index (χ0n) is 16.6. The van der Waals surface area contributed by atoms with Crippen molar-refractivity contribution in [1.29, 1.82) is 0 Å². The Hall–Kier alpha value is -2.33. The number of likely N-dealkylation sites (tertiary alicyclic amines) is 1. The van der Waals surface area contributed by atoms with E-state index in [2.05, 4.69) is 42.3 Å². The fourth-order valence-corrected chi connectivity index (χ4v) is 7.71. The number of fused-ring (bicyclic) bond motifs is 1. The Labute approximate surface area is 170 Å². The number of carbonyl (C=O) groups is 1. The molecule has 2 spiro atoms. The van der Waals surface area contributed by atoms with Crippen LogP contribution in [0, 0.1) is 11.3 Å². The van der Waals surface area contributed by atoms with Crippen LogP contribution >= 0.6 is 0 Å². The number of rotatable bonds is 0. The van der Waals surface area contributed by atoms with Crippen LogP contribution in [0.3, 0.4) is 0 Å². The van der Waals surface area contributed by atoms with Gasteiger partial charge in [0.15, 0.2) is 23.4 Å². The van der Waals surface area contributed by atoms with E-state index < -0.39 is 6.10 Å². The first-order chi connectivity index (χ1) is 14.0. The zero-order chi connectivity index (χ0) is 19.5. The monoisotopic (exact) mass is 387 g/mol. The second-order valence-corrected chi connectivity index (χ2v) is 10.1. The molecule has 3 aliphatic carbocycles. The Morgan fingerprint density at radius 1 is 1.10 bits per heavy atom. The summed E-state index contributed by atoms with van der Waals surface area (Å²) in [6, 6.07) is 12.8. The highest BCUT2D eigenvalue weighted by atomic mass is 16.5. The third-order valence-electron chi connectivity index (χ3n) is 8.94. The normalized spacial score (nSPS) is 35.3. The molecule has 1 N–H and O–H groups in total. The molecule has 4 atom stereocenters. The fraction of sp³-hybridized carbons (Fsp3) is 0.480. The number of ketones is 1. The molecule has 4 heteroatoms. The van der Waals surface area contributed by atoms with Gasteiger partial charge in [-0.1, -0.05) is 30.3 Å². The minimum Gasteiger partial charge on any atom is -0.504 e. The summed E-state index contributed by atoms with van der Waals surface area (Å²) >= 11 is 0. The summed E-state index contributed by atoms with van der Waals surface area (Å²) in [4.78, 5) is 16.6. The van der Waals surface area contributed by atoms with Gasteiger partial charge in [0.1, 0.15) is 0 Å². The number of nitrogens with zero attached hydrogens (tertiary/aromatic N) is 1. The number of phenolic OH excluding ortho intramolecular Hbond substituents is 1. The number of Topliss-reactive ketones (excluding diaryl/α,β-unsaturated/α-hetero) is 1. The van der Waals surface area contributed by atoms with Gasteiger partial charge >= 0.3 is 0 Å². The van der Waals surface area contributed by atoms with Gasteiger partial charge in [0.25, 0.3) is 0 Å². The van der Waals surface area contributed by atoms with Gasteiger partial charge in [-0.05, 0) is 74.4 Å². The van der Waals surface area contributed by atoms with Crippen LogP contribution in [-0.2, 0) is 29.5 Å². The number of carbonyl (C=O) groups excluding carboxylic acids is 1. The highest BCUT2D eigenvalue weighted by Crippen LogP contribution is 2.66. The second-order valence-electron chi connectivity index (χ2n) is 10.1. The largest absolute Gasteiger partial charge is 0.504 e. The Balaban J connectivity index is 1.44. The molecule has 2 heterocycles. The molecule has 7 rings (SSSR count). The molecule has 0 radical (unpaired) electrons.